The molecule has 2 aromatic rings. The second-order valence-electron chi connectivity index (χ2n) is 8.87. The Morgan fingerprint density at radius 1 is 0.652 bits per heavy atom. The highest BCUT2D eigenvalue weighted by Crippen LogP contribution is 2.31. The molecule has 124 valence electrons. The summed E-state index contributed by atoms with van der Waals surface area (Å²) in [5, 5.41) is 0. The molecule has 0 amide bonds. The summed E-state index contributed by atoms with van der Waals surface area (Å²) in [4.78, 5) is 2.64. The minimum Gasteiger partial charge on any atom is -0.0901 e. The Morgan fingerprint density at radius 2 is 1.22 bits per heavy atom. The quantitative estimate of drug-likeness (QED) is 0.582. The van der Waals surface area contributed by atoms with Crippen LogP contribution in [0.2, 0.25) is 0 Å². The average molecular weight is 327 g/mol. The van der Waals surface area contributed by atoms with Crippen molar-refractivity contribution in [2.45, 2.75) is 64.2 Å². The highest BCUT2D eigenvalue weighted by molar-refractivity contribution is 7.99. The molecule has 0 nitrogen and oxygen atoms in total. The van der Waals surface area contributed by atoms with E-state index in [9.17, 15) is 0 Å². The standard InChI is InChI=1S/C22H30S/c1-21(2,3)15-17-10-12-19(13-11-17)23-20-9-7-8-18(14-20)16-22(4,5)6/h7-14H,15-16H2,1-6H3. The molecule has 0 aliphatic heterocycles. The third-order valence-electron chi connectivity index (χ3n) is 3.53. The van der Waals surface area contributed by atoms with Gasteiger partial charge in [-0.15, -0.1) is 0 Å². The lowest BCUT2D eigenvalue weighted by atomic mass is 9.88. The summed E-state index contributed by atoms with van der Waals surface area (Å²) in [5.74, 6) is 0. The summed E-state index contributed by atoms with van der Waals surface area (Å²) in [7, 11) is 0. The maximum atomic E-state index is 2.33. The molecular formula is C22H30S. The van der Waals surface area contributed by atoms with Crippen molar-refractivity contribution in [1.29, 1.82) is 0 Å². The molecule has 0 aliphatic rings. The summed E-state index contributed by atoms with van der Waals surface area (Å²) in [6.07, 6.45) is 2.24. The van der Waals surface area contributed by atoms with Gasteiger partial charge < -0.3 is 0 Å². The minimum absolute atomic E-state index is 0.331. The van der Waals surface area contributed by atoms with Gasteiger partial charge in [-0.2, -0.15) is 0 Å². The maximum absolute atomic E-state index is 2.33. The third kappa shape index (κ3) is 6.83. The zero-order valence-corrected chi connectivity index (χ0v) is 16.3. The first-order chi connectivity index (χ1) is 10.6. The number of hydrogen-bond acceptors (Lipinski definition) is 1. The Morgan fingerprint density at radius 3 is 1.78 bits per heavy atom. The Hall–Kier alpha value is -1.21. The Bertz CT molecular complexity index is 624. The molecule has 23 heavy (non-hydrogen) atoms. The van der Waals surface area contributed by atoms with Crippen LogP contribution in [0, 0.1) is 10.8 Å². The van der Waals surface area contributed by atoms with Gasteiger partial charge in [-0.3, -0.25) is 0 Å². The molecular weight excluding hydrogens is 296 g/mol. The molecule has 0 saturated carbocycles. The molecule has 0 spiro atoms. The van der Waals surface area contributed by atoms with Gasteiger partial charge in [-0.25, -0.2) is 0 Å². The van der Waals surface area contributed by atoms with Crippen molar-refractivity contribution in [2.75, 3.05) is 0 Å². The lowest BCUT2D eigenvalue weighted by Crippen LogP contribution is -2.09. The van der Waals surface area contributed by atoms with Crippen molar-refractivity contribution in [2.24, 2.45) is 10.8 Å². The number of hydrogen-bond donors (Lipinski definition) is 0. The summed E-state index contributed by atoms with van der Waals surface area (Å²) >= 11 is 1.85. The molecule has 0 aliphatic carbocycles. The van der Waals surface area contributed by atoms with E-state index in [1.54, 1.807) is 0 Å². The van der Waals surface area contributed by atoms with Crippen molar-refractivity contribution in [3.63, 3.8) is 0 Å². The second-order valence-corrected chi connectivity index (χ2v) is 10.0. The molecule has 2 aromatic carbocycles. The van der Waals surface area contributed by atoms with E-state index < -0.39 is 0 Å². The summed E-state index contributed by atoms with van der Waals surface area (Å²) in [5.41, 5.74) is 3.52. The molecule has 0 radical (unpaired) electrons. The fourth-order valence-corrected chi connectivity index (χ4v) is 3.66. The van der Waals surface area contributed by atoms with Crippen molar-refractivity contribution in [3.05, 3.63) is 59.7 Å². The van der Waals surface area contributed by atoms with E-state index in [2.05, 4.69) is 90.1 Å². The molecule has 0 heterocycles. The minimum atomic E-state index is 0.331. The van der Waals surface area contributed by atoms with Crippen molar-refractivity contribution >= 4 is 11.8 Å². The largest absolute Gasteiger partial charge is 0.0901 e. The summed E-state index contributed by atoms with van der Waals surface area (Å²) < 4.78 is 0. The van der Waals surface area contributed by atoms with Gasteiger partial charge in [0.1, 0.15) is 0 Å². The monoisotopic (exact) mass is 326 g/mol. The van der Waals surface area contributed by atoms with Crippen LogP contribution in [0.4, 0.5) is 0 Å². The van der Waals surface area contributed by atoms with Crippen LogP contribution in [0.25, 0.3) is 0 Å². The lowest BCUT2D eigenvalue weighted by Gasteiger charge is -2.19. The smallest absolute Gasteiger partial charge is 0.0125 e. The normalized spacial score (nSPS) is 12.4. The zero-order chi connectivity index (χ0) is 17.1. The van der Waals surface area contributed by atoms with Crippen LogP contribution in [-0.2, 0) is 12.8 Å². The molecule has 1 heteroatoms. The summed E-state index contributed by atoms with van der Waals surface area (Å²) in [6, 6.07) is 18.0. The SMILES string of the molecule is CC(C)(C)Cc1ccc(Sc2cccc(CC(C)(C)C)c2)cc1. The Labute approximate surface area is 146 Å². The van der Waals surface area contributed by atoms with Crippen molar-refractivity contribution in [1.82, 2.24) is 0 Å². The highest BCUT2D eigenvalue weighted by atomic mass is 32.2. The molecule has 0 bridgehead atoms. The average Bonchev–Trinajstić information content (AvgIpc) is 2.38. The molecule has 2 rings (SSSR count). The topological polar surface area (TPSA) is 0 Å². The van der Waals surface area contributed by atoms with Gasteiger partial charge >= 0.3 is 0 Å². The number of benzene rings is 2. The third-order valence-corrected chi connectivity index (χ3v) is 4.52. The van der Waals surface area contributed by atoms with Gasteiger partial charge in [0.05, 0.1) is 0 Å². The van der Waals surface area contributed by atoms with Gasteiger partial charge in [0.2, 0.25) is 0 Å². The van der Waals surface area contributed by atoms with E-state index >= 15 is 0 Å². The highest BCUT2D eigenvalue weighted by Gasteiger charge is 2.12. The van der Waals surface area contributed by atoms with Gasteiger partial charge in [-0.1, -0.05) is 77.6 Å². The van der Waals surface area contributed by atoms with Crippen LogP contribution in [-0.4, -0.2) is 0 Å². The maximum Gasteiger partial charge on any atom is 0.0125 e. The van der Waals surface area contributed by atoms with Gasteiger partial charge in [0.15, 0.2) is 0 Å². The molecule has 0 N–H and O–H groups in total. The van der Waals surface area contributed by atoms with E-state index in [0.717, 1.165) is 12.8 Å². The van der Waals surface area contributed by atoms with Crippen LogP contribution in [0.1, 0.15) is 52.7 Å². The van der Waals surface area contributed by atoms with Crippen LogP contribution in [0.15, 0.2) is 58.3 Å². The first-order valence-electron chi connectivity index (χ1n) is 8.47. The van der Waals surface area contributed by atoms with E-state index in [-0.39, 0.29) is 0 Å². The first kappa shape index (κ1) is 18.1. The van der Waals surface area contributed by atoms with E-state index in [1.807, 2.05) is 11.8 Å². The molecule has 0 unspecified atom stereocenters. The first-order valence-corrected chi connectivity index (χ1v) is 9.28. The van der Waals surface area contributed by atoms with Crippen LogP contribution < -0.4 is 0 Å². The molecule has 0 atom stereocenters. The summed E-state index contributed by atoms with van der Waals surface area (Å²) in [6.45, 7) is 13.7. The Kier molecular flexibility index (Phi) is 5.62. The predicted molar refractivity (Wildman–Crippen MR) is 103 cm³/mol. The van der Waals surface area contributed by atoms with Gasteiger partial charge in [-0.05, 0) is 59.1 Å². The lowest BCUT2D eigenvalue weighted by molar-refractivity contribution is 0.410. The Balaban J connectivity index is 2.06. The molecule has 0 aromatic heterocycles. The van der Waals surface area contributed by atoms with Crippen LogP contribution in [0.5, 0.6) is 0 Å². The fraction of sp³-hybridized carbons (Fsp3) is 0.455. The second kappa shape index (κ2) is 7.13. The fourth-order valence-electron chi connectivity index (χ4n) is 2.76. The van der Waals surface area contributed by atoms with Gasteiger partial charge in [0, 0.05) is 9.79 Å². The molecule has 0 saturated heterocycles. The van der Waals surface area contributed by atoms with Gasteiger partial charge in [0.25, 0.3) is 0 Å². The van der Waals surface area contributed by atoms with Crippen LogP contribution in [0.3, 0.4) is 0 Å². The van der Waals surface area contributed by atoms with E-state index in [4.69, 9.17) is 0 Å². The van der Waals surface area contributed by atoms with Crippen LogP contribution >= 0.6 is 11.8 Å². The number of rotatable bonds is 4. The predicted octanol–water partition coefficient (Wildman–Crippen LogP) is 7.02. The zero-order valence-electron chi connectivity index (χ0n) is 15.4. The van der Waals surface area contributed by atoms with Crippen molar-refractivity contribution in [3.8, 4) is 0 Å². The van der Waals surface area contributed by atoms with Crippen molar-refractivity contribution < 1.29 is 0 Å². The van der Waals surface area contributed by atoms with E-state index in [1.165, 1.54) is 20.9 Å². The molecule has 0 fully saturated rings. The van der Waals surface area contributed by atoms with E-state index in [0.29, 0.717) is 10.8 Å².